The minimum absolute atomic E-state index is 0.524. The molecule has 0 radical (unpaired) electrons. The fourth-order valence-electron chi connectivity index (χ4n) is 2.13. The summed E-state index contributed by atoms with van der Waals surface area (Å²) in [5.41, 5.74) is 5.01. The normalized spacial score (nSPS) is 19.1. The van der Waals surface area contributed by atoms with Crippen LogP contribution < -0.4 is 5.43 Å². The van der Waals surface area contributed by atoms with Gasteiger partial charge < -0.3 is 4.74 Å². The van der Waals surface area contributed by atoms with Gasteiger partial charge >= 0.3 is 0 Å². The summed E-state index contributed by atoms with van der Waals surface area (Å²) in [4.78, 5) is 0. The second-order valence-corrected chi connectivity index (χ2v) is 4.52. The highest BCUT2D eigenvalue weighted by Crippen LogP contribution is 2.06. The van der Waals surface area contributed by atoms with E-state index in [4.69, 9.17) is 4.74 Å². The monoisotopic (exact) mass is 234 g/mol. The first-order valence-corrected chi connectivity index (χ1v) is 6.51. The molecular weight excluding hydrogens is 212 g/mol. The summed E-state index contributed by atoms with van der Waals surface area (Å²) in [6.45, 7) is 5.90. The summed E-state index contributed by atoms with van der Waals surface area (Å²) in [5, 5.41) is 2.29. The fraction of sp³-hybridized carbons (Fsp3) is 0.571. The van der Waals surface area contributed by atoms with Crippen LogP contribution in [0.15, 0.2) is 30.3 Å². The zero-order valence-electron chi connectivity index (χ0n) is 10.6. The van der Waals surface area contributed by atoms with Gasteiger partial charge in [-0.25, -0.2) is 5.01 Å². The number of benzene rings is 1. The van der Waals surface area contributed by atoms with E-state index in [1.165, 1.54) is 5.56 Å². The van der Waals surface area contributed by atoms with Crippen molar-refractivity contribution >= 4 is 0 Å². The van der Waals surface area contributed by atoms with E-state index < -0.39 is 0 Å². The molecular formula is C14H22N2O. The third kappa shape index (κ3) is 4.11. The van der Waals surface area contributed by atoms with Crippen molar-refractivity contribution < 1.29 is 4.74 Å². The van der Waals surface area contributed by atoms with Crippen molar-refractivity contribution in [2.75, 3.05) is 26.3 Å². The van der Waals surface area contributed by atoms with Gasteiger partial charge in [-0.05, 0) is 18.4 Å². The maximum Gasteiger partial charge on any atom is 0.0608 e. The third-order valence-corrected chi connectivity index (χ3v) is 3.19. The average Bonchev–Trinajstić information content (AvgIpc) is 2.40. The van der Waals surface area contributed by atoms with Gasteiger partial charge in [0.2, 0.25) is 0 Å². The van der Waals surface area contributed by atoms with Gasteiger partial charge in [0.25, 0.3) is 0 Å². The van der Waals surface area contributed by atoms with E-state index >= 15 is 0 Å². The first-order chi connectivity index (χ1) is 8.38. The van der Waals surface area contributed by atoms with Crippen molar-refractivity contribution in [3.05, 3.63) is 35.9 Å². The standard InChI is InChI=1S/C14H22N2O/c1-2-14(12-13-6-4-3-5-7-13)15-16-8-10-17-11-9-16/h3-7,14-15H,2,8-12H2,1H3. The molecule has 1 aromatic carbocycles. The summed E-state index contributed by atoms with van der Waals surface area (Å²) in [5.74, 6) is 0. The van der Waals surface area contributed by atoms with Gasteiger partial charge in [0, 0.05) is 19.1 Å². The second-order valence-electron chi connectivity index (χ2n) is 4.52. The molecule has 1 N–H and O–H groups in total. The lowest BCUT2D eigenvalue weighted by Crippen LogP contribution is -2.50. The Balaban J connectivity index is 1.83. The molecule has 17 heavy (non-hydrogen) atoms. The van der Waals surface area contributed by atoms with Crippen molar-refractivity contribution in [2.24, 2.45) is 0 Å². The minimum atomic E-state index is 0.524. The first-order valence-electron chi connectivity index (χ1n) is 6.51. The highest BCUT2D eigenvalue weighted by atomic mass is 16.5. The van der Waals surface area contributed by atoms with E-state index in [9.17, 15) is 0 Å². The molecule has 1 unspecified atom stereocenters. The number of morpholine rings is 1. The number of hydrazine groups is 1. The van der Waals surface area contributed by atoms with Crippen molar-refractivity contribution in [2.45, 2.75) is 25.8 Å². The number of rotatable bonds is 5. The molecule has 0 aliphatic carbocycles. The zero-order chi connectivity index (χ0) is 11.9. The molecule has 2 rings (SSSR count). The van der Waals surface area contributed by atoms with Gasteiger partial charge in [-0.3, -0.25) is 5.43 Å². The lowest BCUT2D eigenvalue weighted by Gasteiger charge is -2.31. The van der Waals surface area contributed by atoms with E-state index in [-0.39, 0.29) is 0 Å². The second kappa shape index (κ2) is 6.74. The molecule has 1 aliphatic rings. The molecule has 94 valence electrons. The third-order valence-electron chi connectivity index (χ3n) is 3.19. The van der Waals surface area contributed by atoms with Gasteiger partial charge in [0.1, 0.15) is 0 Å². The topological polar surface area (TPSA) is 24.5 Å². The lowest BCUT2D eigenvalue weighted by molar-refractivity contribution is 0.00328. The number of nitrogens with zero attached hydrogens (tertiary/aromatic N) is 1. The predicted molar refractivity (Wildman–Crippen MR) is 69.8 cm³/mol. The molecule has 1 aliphatic heterocycles. The Morgan fingerprint density at radius 3 is 2.59 bits per heavy atom. The van der Waals surface area contributed by atoms with Crippen LogP contribution in [0.2, 0.25) is 0 Å². The molecule has 0 bridgehead atoms. The van der Waals surface area contributed by atoms with Crippen molar-refractivity contribution in [3.63, 3.8) is 0 Å². The van der Waals surface area contributed by atoms with Gasteiger partial charge in [0.05, 0.1) is 13.2 Å². The summed E-state index contributed by atoms with van der Waals surface area (Å²) >= 11 is 0. The van der Waals surface area contributed by atoms with Crippen LogP contribution in [0.25, 0.3) is 0 Å². The van der Waals surface area contributed by atoms with Gasteiger partial charge in [-0.2, -0.15) is 0 Å². The molecule has 1 aromatic rings. The highest BCUT2D eigenvalue weighted by Gasteiger charge is 2.14. The number of hydrogen-bond acceptors (Lipinski definition) is 3. The van der Waals surface area contributed by atoms with Crippen LogP contribution in [0, 0.1) is 0 Å². The summed E-state index contributed by atoms with van der Waals surface area (Å²) in [7, 11) is 0. The molecule has 0 spiro atoms. The molecule has 0 saturated carbocycles. The maximum atomic E-state index is 5.35. The highest BCUT2D eigenvalue weighted by molar-refractivity contribution is 5.15. The van der Waals surface area contributed by atoms with E-state index in [0.29, 0.717) is 6.04 Å². The molecule has 3 heteroatoms. The molecule has 1 atom stereocenters. The molecule has 1 heterocycles. The summed E-state index contributed by atoms with van der Waals surface area (Å²) < 4.78 is 5.35. The van der Waals surface area contributed by atoms with Crippen LogP contribution in [0.5, 0.6) is 0 Å². The van der Waals surface area contributed by atoms with Crippen LogP contribution in [0.3, 0.4) is 0 Å². The molecule has 1 fully saturated rings. The fourth-order valence-corrected chi connectivity index (χ4v) is 2.13. The van der Waals surface area contributed by atoms with E-state index in [2.05, 4.69) is 47.7 Å². The Labute approximate surface area is 104 Å². The quantitative estimate of drug-likeness (QED) is 0.841. The van der Waals surface area contributed by atoms with Crippen molar-refractivity contribution in [1.82, 2.24) is 10.4 Å². The average molecular weight is 234 g/mol. The molecule has 1 saturated heterocycles. The largest absolute Gasteiger partial charge is 0.379 e. The van der Waals surface area contributed by atoms with Crippen molar-refractivity contribution in [1.29, 1.82) is 0 Å². The van der Waals surface area contributed by atoms with Crippen LogP contribution in [-0.4, -0.2) is 37.4 Å². The van der Waals surface area contributed by atoms with Crippen molar-refractivity contribution in [3.8, 4) is 0 Å². The summed E-state index contributed by atoms with van der Waals surface area (Å²) in [6.07, 6.45) is 2.24. The van der Waals surface area contributed by atoms with Gasteiger partial charge in [-0.15, -0.1) is 0 Å². The SMILES string of the molecule is CCC(Cc1ccccc1)NN1CCOCC1. The van der Waals surface area contributed by atoms with Crippen LogP contribution in [0.1, 0.15) is 18.9 Å². The van der Waals surface area contributed by atoms with E-state index in [1.54, 1.807) is 0 Å². The van der Waals surface area contributed by atoms with Crippen LogP contribution in [-0.2, 0) is 11.2 Å². The smallest absolute Gasteiger partial charge is 0.0608 e. The summed E-state index contributed by atoms with van der Waals surface area (Å²) in [6, 6.07) is 11.2. The molecule has 0 aromatic heterocycles. The maximum absolute atomic E-state index is 5.35. The Hall–Kier alpha value is -0.900. The van der Waals surface area contributed by atoms with Gasteiger partial charge in [-0.1, -0.05) is 37.3 Å². The Kier molecular flexibility index (Phi) is 4.98. The minimum Gasteiger partial charge on any atom is -0.379 e. The van der Waals surface area contributed by atoms with E-state index in [1.807, 2.05) is 0 Å². The van der Waals surface area contributed by atoms with E-state index in [0.717, 1.165) is 39.1 Å². The first kappa shape index (κ1) is 12.6. The number of hydrogen-bond donors (Lipinski definition) is 1. The lowest BCUT2D eigenvalue weighted by atomic mass is 10.0. The predicted octanol–water partition coefficient (Wildman–Crippen LogP) is 1.84. The Morgan fingerprint density at radius 1 is 1.24 bits per heavy atom. The zero-order valence-corrected chi connectivity index (χ0v) is 10.6. The van der Waals surface area contributed by atoms with Gasteiger partial charge in [0.15, 0.2) is 0 Å². The molecule has 0 amide bonds. The number of nitrogens with one attached hydrogen (secondary N) is 1. The Morgan fingerprint density at radius 2 is 1.94 bits per heavy atom. The number of ether oxygens (including phenoxy) is 1. The van der Waals surface area contributed by atoms with Crippen LogP contribution >= 0.6 is 0 Å². The Bertz CT molecular complexity index is 309. The molecule has 3 nitrogen and oxygen atoms in total. The van der Waals surface area contributed by atoms with Crippen LogP contribution in [0.4, 0.5) is 0 Å².